The summed E-state index contributed by atoms with van der Waals surface area (Å²) in [6.45, 7) is 2.70. The first kappa shape index (κ1) is 22.6. The van der Waals surface area contributed by atoms with Gasteiger partial charge in [0.05, 0.1) is 6.54 Å². The van der Waals surface area contributed by atoms with E-state index in [1.807, 2.05) is 43.3 Å². The number of nitrogens with one attached hydrogen (secondary N) is 1. The highest BCUT2D eigenvalue weighted by Gasteiger charge is 2.35. The average molecular weight is 497 g/mol. The molecule has 0 bridgehead atoms. The van der Waals surface area contributed by atoms with Crippen molar-refractivity contribution in [3.63, 3.8) is 0 Å². The lowest BCUT2D eigenvalue weighted by molar-refractivity contribution is 0.0511. The van der Waals surface area contributed by atoms with Crippen LogP contribution in [-0.4, -0.2) is 44.7 Å². The fourth-order valence-electron chi connectivity index (χ4n) is 3.50. The van der Waals surface area contributed by atoms with Crippen LogP contribution >= 0.6 is 24.0 Å². The molecule has 0 spiro atoms. The fraction of sp³-hybridized carbons (Fsp3) is 0.409. The van der Waals surface area contributed by atoms with E-state index in [1.54, 1.807) is 12.1 Å². The maximum absolute atomic E-state index is 13.8. The topological polar surface area (TPSA) is 36.9 Å². The largest absolute Gasteiger partial charge is 0.381 e. The van der Waals surface area contributed by atoms with Crippen molar-refractivity contribution in [2.45, 2.75) is 24.8 Å². The Bertz CT molecular complexity index is 761. The van der Waals surface area contributed by atoms with E-state index in [-0.39, 0.29) is 35.2 Å². The van der Waals surface area contributed by atoms with Crippen molar-refractivity contribution < 1.29 is 9.13 Å². The SMILES string of the molecule is CN(C)C(=NCc1ccccc1)NCC1(c2cccc(F)c2)CCOCC1.I. The molecule has 4 nitrogen and oxygen atoms in total. The van der Waals surface area contributed by atoms with Gasteiger partial charge in [-0.1, -0.05) is 42.5 Å². The second-order valence-electron chi connectivity index (χ2n) is 7.28. The van der Waals surface area contributed by atoms with Gasteiger partial charge in [-0.2, -0.15) is 0 Å². The minimum atomic E-state index is -0.191. The molecule has 1 N–H and O–H groups in total. The Morgan fingerprint density at radius 1 is 1.11 bits per heavy atom. The van der Waals surface area contributed by atoms with Crippen LogP contribution in [0.2, 0.25) is 0 Å². The van der Waals surface area contributed by atoms with Crippen LogP contribution in [0.1, 0.15) is 24.0 Å². The van der Waals surface area contributed by atoms with Crippen molar-refractivity contribution in [2.24, 2.45) is 4.99 Å². The fourth-order valence-corrected chi connectivity index (χ4v) is 3.50. The smallest absolute Gasteiger partial charge is 0.193 e. The molecular formula is C22H29FIN3O. The number of benzene rings is 2. The quantitative estimate of drug-likeness (QED) is 0.383. The predicted molar refractivity (Wildman–Crippen MR) is 123 cm³/mol. The highest BCUT2D eigenvalue weighted by Crippen LogP contribution is 2.34. The van der Waals surface area contributed by atoms with Gasteiger partial charge < -0.3 is 15.0 Å². The van der Waals surface area contributed by atoms with Crippen molar-refractivity contribution in [2.75, 3.05) is 33.9 Å². The van der Waals surface area contributed by atoms with E-state index in [2.05, 4.69) is 17.4 Å². The van der Waals surface area contributed by atoms with Gasteiger partial charge in [-0.3, -0.25) is 0 Å². The summed E-state index contributed by atoms with van der Waals surface area (Å²) in [5.41, 5.74) is 2.05. The van der Waals surface area contributed by atoms with Gasteiger partial charge >= 0.3 is 0 Å². The Balaban J connectivity index is 0.00000280. The standard InChI is InChI=1S/C22H28FN3O.HI/c1-26(2)21(24-16-18-7-4-3-5-8-18)25-17-22(11-13-27-14-12-22)19-9-6-10-20(23)15-19;/h3-10,15H,11-14,16-17H2,1-2H3,(H,24,25);1H. The normalized spacial score (nSPS) is 16.2. The van der Waals surface area contributed by atoms with Crippen LogP contribution in [0.3, 0.4) is 0 Å². The maximum atomic E-state index is 13.8. The van der Waals surface area contributed by atoms with E-state index in [1.165, 1.54) is 11.6 Å². The molecule has 1 aliphatic heterocycles. The lowest BCUT2D eigenvalue weighted by atomic mass is 9.74. The first-order valence-electron chi connectivity index (χ1n) is 9.42. The lowest BCUT2D eigenvalue weighted by Gasteiger charge is -2.38. The first-order valence-corrected chi connectivity index (χ1v) is 9.42. The number of hydrogen-bond acceptors (Lipinski definition) is 2. The van der Waals surface area contributed by atoms with Gasteiger partial charge in [0.25, 0.3) is 0 Å². The van der Waals surface area contributed by atoms with Crippen LogP contribution in [-0.2, 0) is 16.7 Å². The van der Waals surface area contributed by atoms with Crippen LogP contribution in [0.25, 0.3) is 0 Å². The van der Waals surface area contributed by atoms with Crippen molar-refractivity contribution in [1.82, 2.24) is 10.2 Å². The summed E-state index contributed by atoms with van der Waals surface area (Å²) in [5, 5.41) is 3.52. The zero-order chi connectivity index (χ0) is 19.1. The number of nitrogens with zero attached hydrogens (tertiary/aromatic N) is 2. The molecule has 1 aliphatic rings. The van der Waals surface area contributed by atoms with Crippen LogP contribution in [0.15, 0.2) is 59.6 Å². The molecular weight excluding hydrogens is 468 g/mol. The number of aliphatic imine (C=N–C) groups is 1. The Labute approximate surface area is 184 Å². The van der Waals surface area contributed by atoms with Gasteiger partial charge in [-0.05, 0) is 36.1 Å². The van der Waals surface area contributed by atoms with E-state index < -0.39 is 0 Å². The molecule has 2 aromatic rings. The van der Waals surface area contributed by atoms with E-state index in [0.29, 0.717) is 26.3 Å². The number of ether oxygens (including phenoxy) is 1. The molecule has 0 aromatic heterocycles. The second kappa shape index (κ2) is 10.8. The maximum Gasteiger partial charge on any atom is 0.193 e. The lowest BCUT2D eigenvalue weighted by Crippen LogP contribution is -2.47. The van der Waals surface area contributed by atoms with E-state index in [0.717, 1.165) is 24.4 Å². The van der Waals surface area contributed by atoms with Gasteiger partial charge in [0.15, 0.2) is 5.96 Å². The Morgan fingerprint density at radius 3 is 2.46 bits per heavy atom. The molecule has 0 amide bonds. The van der Waals surface area contributed by atoms with Gasteiger partial charge in [-0.15, -0.1) is 24.0 Å². The summed E-state index contributed by atoms with van der Waals surface area (Å²) in [6.07, 6.45) is 1.73. The third kappa shape index (κ3) is 5.91. The molecule has 1 saturated heterocycles. The molecule has 1 heterocycles. The molecule has 0 radical (unpaired) electrons. The summed E-state index contributed by atoms with van der Waals surface area (Å²) in [6, 6.07) is 17.2. The molecule has 2 aromatic carbocycles. The first-order chi connectivity index (χ1) is 13.1. The van der Waals surface area contributed by atoms with Crippen LogP contribution < -0.4 is 5.32 Å². The predicted octanol–water partition coefficient (Wildman–Crippen LogP) is 4.20. The van der Waals surface area contributed by atoms with Gasteiger partial charge in [-0.25, -0.2) is 9.38 Å². The third-order valence-corrected chi connectivity index (χ3v) is 5.15. The van der Waals surface area contributed by atoms with Crippen LogP contribution in [0, 0.1) is 5.82 Å². The zero-order valence-corrected chi connectivity index (χ0v) is 18.9. The molecule has 0 aliphatic carbocycles. The van der Waals surface area contributed by atoms with Crippen molar-refractivity contribution >= 4 is 29.9 Å². The summed E-state index contributed by atoms with van der Waals surface area (Å²) >= 11 is 0. The van der Waals surface area contributed by atoms with Crippen LogP contribution in [0.4, 0.5) is 4.39 Å². The highest BCUT2D eigenvalue weighted by atomic mass is 127. The van der Waals surface area contributed by atoms with Gasteiger partial charge in [0.1, 0.15) is 5.82 Å². The monoisotopic (exact) mass is 497 g/mol. The Morgan fingerprint density at radius 2 is 1.82 bits per heavy atom. The Kier molecular flexibility index (Phi) is 8.69. The minimum Gasteiger partial charge on any atom is -0.381 e. The highest BCUT2D eigenvalue weighted by molar-refractivity contribution is 14.0. The number of guanidine groups is 1. The summed E-state index contributed by atoms with van der Waals surface area (Å²) < 4.78 is 19.4. The van der Waals surface area contributed by atoms with E-state index in [9.17, 15) is 4.39 Å². The van der Waals surface area contributed by atoms with Gasteiger partial charge in [0.2, 0.25) is 0 Å². The molecule has 0 saturated carbocycles. The third-order valence-electron chi connectivity index (χ3n) is 5.15. The minimum absolute atomic E-state index is 0. The molecule has 0 unspecified atom stereocenters. The number of halogens is 2. The molecule has 28 heavy (non-hydrogen) atoms. The molecule has 3 rings (SSSR count). The van der Waals surface area contributed by atoms with E-state index >= 15 is 0 Å². The number of hydrogen-bond donors (Lipinski definition) is 1. The average Bonchev–Trinajstić information content (AvgIpc) is 2.69. The molecule has 152 valence electrons. The van der Waals surface area contributed by atoms with Crippen LogP contribution in [0.5, 0.6) is 0 Å². The molecule has 1 fully saturated rings. The summed E-state index contributed by atoms with van der Waals surface area (Å²) in [4.78, 5) is 6.73. The van der Waals surface area contributed by atoms with Crippen molar-refractivity contribution in [1.29, 1.82) is 0 Å². The zero-order valence-electron chi connectivity index (χ0n) is 16.5. The van der Waals surface area contributed by atoms with Gasteiger partial charge in [0, 0.05) is 39.3 Å². The van der Waals surface area contributed by atoms with E-state index in [4.69, 9.17) is 9.73 Å². The molecule has 0 atom stereocenters. The molecule has 6 heteroatoms. The Hall–Kier alpha value is -1.67. The summed E-state index contributed by atoms with van der Waals surface area (Å²) in [7, 11) is 3.96. The van der Waals surface area contributed by atoms with Crippen molar-refractivity contribution in [3.8, 4) is 0 Å². The second-order valence-corrected chi connectivity index (χ2v) is 7.28. The van der Waals surface area contributed by atoms with Crippen molar-refractivity contribution in [3.05, 3.63) is 71.5 Å². The number of rotatable bonds is 5. The summed E-state index contributed by atoms with van der Waals surface area (Å²) in [5.74, 6) is 0.644.